The number of amides is 1. The molecule has 5 rings (SSSR count). The number of nitrogens with zero attached hydrogens (tertiary/aromatic N) is 5. The van der Waals surface area contributed by atoms with Crippen molar-refractivity contribution < 1.29 is 23.4 Å². The van der Waals surface area contributed by atoms with E-state index in [0.717, 1.165) is 11.3 Å². The number of rotatable bonds is 5. The number of benzene rings is 1. The van der Waals surface area contributed by atoms with Gasteiger partial charge in [-0.1, -0.05) is 0 Å². The van der Waals surface area contributed by atoms with Crippen LogP contribution in [0, 0.1) is 0 Å². The normalized spacial score (nSPS) is 20.9. The quantitative estimate of drug-likeness (QED) is 0.587. The van der Waals surface area contributed by atoms with Crippen LogP contribution in [0.15, 0.2) is 36.8 Å². The molecule has 2 aliphatic heterocycles. The maximum atomic E-state index is 13.2. The first-order chi connectivity index (χ1) is 16.3. The van der Waals surface area contributed by atoms with Crippen molar-refractivity contribution in [3.63, 3.8) is 0 Å². The highest BCUT2D eigenvalue weighted by Gasteiger charge is 2.31. The van der Waals surface area contributed by atoms with E-state index in [4.69, 9.17) is 4.74 Å². The van der Waals surface area contributed by atoms with Gasteiger partial charge >= 0.3 is 0 Å². The summed E-state index contributed by atoms with van der Waals surface area (Å²) in [4.78, 5) is 21.2. The standard InChI is InChI=1S/C23H26F2N6O3/c1-23(33)11-15-9-17(28-22(32)16-12-27-31-4-2-3-26-21(16)31)18(10-19(15)34-14-23)30-7-5-29(6-8-30)13-20(24)25/h2-4,9-10,12,20,33H,5-8,11,13-14H2,1H3,(H,28,32)/t23-/m1/s1. The summed E-state index contributed by atoms with van der Waals surface area (Å²) < 4.78 is 32.9. The molecule has 0 aliphatic carbocycles. The van der Waals surface area contributed by atoms with E-state index in [-0.39, 0.29) is 19.1 Å². The molecule has 34 heavy (non-hydrogen) atoms. The number of carbonyl (C=O) groups is 1. The average Bonchev–Trinajstić information content (AvgIpc) is 3.23. The second-order valence-electron chi connectivity index (χ2n) is 9.02. The summed E-state index contributed by atoms with van der Waals surface area (Å²) in [7, 11) is 0. The highest BCUT2D eigenvalue weighted by Crippen LogP contribution is 2.39. The van der Waals surface area contributed by atoms with Gasteiger partial charge in [-0.05, 0) is 24.6 Å². The molecule has 1 fully saturated rings. The SMILES string of the molecule is C[C@]1(O)COc2cc(N3CCN(CC(F)F)CC3)c(NC(=O)c3cnn4cccnc34)cc2C1. The zero-order chi connectivity index (χ0) is 23.9. The first-order valence-electron chi connectivity index (χ1n) is 11.2. The third kappa shape index (κ3) is 4.53. The van der Waals surface area contributed by atoms with E-state index in [9.17, 15) is 18.7 Å². The van der Waals surface area contributed by atoms with Crippen LogP contribution in [0.1, 0.15) is 22.8 Å². The topological polar surface area (TPSA) is 95.2 Å². The first-order valence-corrected chi connectivity index (χ1v) is 11.2. The number of halogens is 2. The van der Waals surface area contributed by atoms with E-state index in [0.29, 0.717) is 55.2 Å². The molecule has 0 bridgehead atoms. The molecule has 0 unspecified atom stereocenters. The largest absolute Gasteiger partial charge is 0.490 e. The summed E-state index contributed by atoms with van der Waals surface area (Å²) >= 11 is 0. The molecule has 9 nitrogen and oxygen atoms in total. The Morgan fingerprint density at radius 3 is 2.85 bits per heavy atom. The maximum absolute atomic E-state index is 13.2. The summed E-state index contributed by atoms with van der Waals surface area (Å²) in [5.41, 5.74) is 1.84. The molecule has 1 aromatic carbocycles. The summed E-state index contributed by atoms with van der Waals surface area (Å²) in [5.74, 6) is 0.280. The molecule has 0 radical (unpaired) electrons. The monoisotopic (exact) mass is 472 g/mol. The lowest BCUT2D eigenvalue weighted by Gasteiger charge is -2.38. The number of hydrogen-bond acceptors (Lipinski definition) is 7. The van der Waals surface area contributed by atoms with Crippen LogP contribution in [0.2, 0.25) is 0 Å². The molecule has 0 saturated carbocycles. The molecule has 1 amide bonds. The van der Waals surface area contributed by atoms with Crippen molar-refractivity contribution in [1.82, 2.24) is 19.5 Å². The average molecular weight is 472 g/mol. The Hall–Kier alpha value is -3.31. The lowest BCUT2D eigenvalue weighted by atomic mass is 9.93. The number of carbonyl (C=O) groups excluding carboxylic acids is 1. The fourth-order valence-electron chi connectivity index (χ4n) is 4.49. The number of fused-ring (bicyclic) bond motifs is 2. The second-order valence-corrected chi connectivity index (χ2v) is 9.02. The second kappa shape index (κ2) is 8.80. The van der Waals surface area contributed by atoms with Gasteiger partial charge in [0.05, 0.1) is 29.7 Å². The molecule has 2 aliphatic rings. The number of anilines is 2. The van der Waals surface area contributed by atoms with Crippen LogP contribution in [0.25, 0.3) is 5.65 Å². The highest BCUT2D eigenvalue weighted by molar-refractivity contribution is 6.09. The van der Waals surface area contributed by atoms with Crippen molar-refractivity contribution in [2.24, 2.45) is 0 Å². The molecule has 1 atom stereocenters. The highest BCUT2D eigenvalue weighted by atomic mass is 19.3. The summed E-state index contributed by atoms with van der Waals surface area (Å²) in [6.45, 7) is 3.66. The predicted molar refractivity (Wildman–Crippen MR) is 122 cm³/mol. The number of aromatic nitrogens is 3. The van der Waals surface area contributed by atoms with Gasteiger partial charge in [0.2, 0.25) is 0 Å². The van der Waals surface area contributed by atoms with Gasteiger partial charge < -0.3 is 20.1 Å². The van der Waals surface area contributed by atoms with Crippen molar-refractivity contribution in [2.45, 2.75) is 25.4 Å². The number of ether oxygens (including phenoxy) is 1. The first kappa shape index (κ1) is 22.5. The molecular weight excluding hydrogens is 446 g/mol. The smallest absolute Gasteiger partial charge is 0.261 e. The molecule has 0 spiro atoms. The van der Waals surface area contributed by atoms with Crippen molar-refractivity contribution in [3.8, 4) is 5.75 Å². The van der Waals surface area contributed by atoms with Gasteiger partial charge in [0.25, 0.3) is 12.3 Å². The minimum atomic E-state index is -2.37. The fourth-order valence-corrected chi connectivity index (χ4v) is 4.49. The van der Waals surface area contributed by atoms with Crippen molar-refractivity contribution in [1.29, 1.82) is 0 Å². The zero-order valence-corrected chi connectivity index (χ0v) is 18.7. The van der Waals surface area contributed by atoms with E-state index in [1.807, 2.05) is 12.1 Å². The fraction of sp³-hybridized carbons (Fsp3) is 0.435. The van der Waals surface area contributed by atoms with E-state index >= 15 is 0 Å². The Balaban J connectivity index is 1.45. The maximum Gasteiger partial charge on any atom is 0.261 e. The lowest BCUT2D eigenvalue weighted by molar-refractivity contribution is -0.000569. The minimum Gasteiger partial charge on any atom is -0.490 e. The van der Waals surface area contributed by atoms with Gasteiger partial charge in [0.1, 0.15) is 17.9 Å². The number of aliphatic hydroxyl groups is 1. The number of hydrogen-bond donors (Lipinski definition) is 2. The van der Waals surface area contributed by atoms with Gasteiger partial charge in [0.15, 0.2) is 5.65 Å². The van der Waals surface area contributed by atoms with E-state index in [1.54, 1.807) is 30.3 Å². The Labute approximate surface area is 194 Å². The molecule has 2 N–H and O–H groups in total. The number of alkyl halides is 2. The summed E-state index contributed by atoms with van der Waals surface area (Å²) in [6.07, 6.45) is 2.78. The van der Waals surface area contributed by atoms with Crippen molar-refractivity contribution >= 4 is 22.9 Å². The molecular formula is C23H26F2N6O3. The van der Waals surface area contributed by atoms with Crippen LogP contribution in [-0.2, 0) is 6.42 Å². The van der Waals surface area contributed by atoms with E-state index in [1.165, 1.54) is 10.7 Å². The zero-order valence-electron chi connectivity index (χ0n) is 18.7. The third-order valence-electron chi connectivity index (χ3n) is 6.17. The number of nitrogens with one attached hydrogen (secondary N) is 1. The Morgan fingerprint density at radius 2 is 2.09 bits per heavy atom. The van der Waals surface area contributed by atoms with Gasteiger partial charge in [-0.3, -0.25) is 9.69 Å². The van der Waals surface area contributed by atoms with Gasteiger partial charge in [0, 0.05) is 51.1 Å². The van der Waals surface area contributed by atoms with Crippen molar-refractivity contribution in [2.75, 3.05) is 49.5 Å². The summed E-state index contributed by atoms with van der Waals surface area (Å²) in [5, 5.41) is 17.6. The van der Waals surface area contributed by atoms with E-state index in [2.05, 4.69) is 20.3 Å². The molecule has 3 aromatic rings. The minimum absolute atomic E-state index is 0.168. The van der Waals surface area contributed by atoms with Gasteiger partial charge in [-0.15, -0.1) is 0 Å². The van der Waals surface area contributed by atoms with Crippen LogP contribution < -0.4 is 15.0 Å². The van der Waals surface area contributed by atoms with Crippen molar-refractivity contribution in [3.05, 3.63) is 47.9 Å². The third-order valence-corrected chi connectivity index (χ3v) is 6.17. The molecule has 1 saturated heterocycles. The lowest BCUT2D eigenvalue weighted by Crippen LogP contribution is -2.48. The molecule has 2 aromatic heterocycles. The van der Waals surface area contributed by atoms with Gasteiger partial charge in [-0.2, -0.15) is 5.10 Å². The van der Waals surface area contributed by atoms with Crippen LogP contribution in [0.4, 0.5) is 20.2 Å². The molecule has 11 heteroatoms. The summed E-state index contributed by atoms with van der Waals surface area (Å²) in [6, 6.07) is 5.40. The van der Waals surface area contributed by atoms with Gasteiger partial charge in [-0.25, -0.2) is 18.3 Å². The Bertz CT molecular complexity index is 1210. The predicted octanol–water partition coefficient (Wildman–Crippen LogP) is 2.05. The molecule has 180 valence electrons. The van der Waals surface area contributed by atoms with E-state index < -0.39 is 12.0 Å². The Morgan fingerprint density at radius 1 is 1.29 bits per heavy atom. The van der Waals surface area contributed by atoms with Crippen LogP contribution in [0.3, 0.4) is 0 Å². The van der Waals surface area contributed by atoms with Crippen LogP contribution in [-0.4, -0.2) is 81.9 Å². The number of piperazine rings is 1. The molecule has 4 heterocycles. The van der Waals surface area contributed by atoms with Crippen LogP contribution in [0.5, 0.6) is 5.75 Å². The Kier molecular flexibility index (Phi) is 5.82. The van der Waals surface area contributed by atoms with Crippen LogP contribution >= 0.6 is 0 Å².